The van der Waals surface area contributed by atoms with E-state index in [2.05, 4.69) is 0 Å². The number of hydrogen-bond acceptors (Lipinski definition) is 2. The summed E-state index contributed by atoms with van der Waals surface area (Å²) in [6, 6.07) is 12.7. The molecule has 0 aliphatic carbocycles. The Balaban J connectivity index is 2.63. The van der Waals surface area contributed by atoms with Crippen molar-refractivity contribution in [3.63, 3.8) is 0 Å². The third-order valence-corrected chi connectivity index (χ3v) is 2.54. The number of phenols is 1. The molecule has 16 heavy (non-hydrogen) atoms. The number of carbonyl (C=O) groups excluding carboxylic acids is 1. The van der Waals surface area contributed by atoms with Crippen molar-refractivity contribution in [2.45, 2.75) is 6.92 Å². The molecule has 0 saturated carbocycles. The molecular formula is C14H12O2. The summed E-state index contributed by atoms with van der Waals surface area (Å²) in [6.45, 7) is 2.00. The zero-order chi connectivity index (χ0) is 11.5. The Bertz CT molecular complexity index is 513. The molecule has 0 aromatic heterocycles. The summed E-state index contributed by atoms with van der Waals surface area (Å²) in [7, 11) is 0. The van der Waals surface area contributed by atoms with E-state index < -0.39 is 0 Å². The van der Waals surface area contributed by atoms with Crippen molar-refractivity contribution in [3.8, 4) is 16.9 Å². The lowest BCUT2D eigenvalue weighted by Crippen LogP contribution is -1.88. The minimum Gasteiger partial charge on any atom is -0.507 e. The Morgan fingerprint density at radius 2 is 1.75 bits per heavy atom. The maximum Gasteiger partial charge on any atom is 0.150 e. The van der Waals surface area contributed by atoms with Gasteiger partial charge in [-0.05, 0) is 18.6 Å². The summed E-state index contributed by atoms with van der Waals surface area (Å²) in [5.74, 6) is 0.133. The van der Waals surface area contributed by atoms with Gasteiger partial charge in [0.25, 0.3) is 0 Å². The number of benzene rings is 2. The molecule has 2 aromatic carbocycles. The fourth-order valence-electron chi connectivity index (χ4n) is 1.69. The van der Waals surface area contributed by atoms with Gasteiger partial charge in [-0.2, -0.15) is 0 Å². The van der Waals surface area contributed by atoms with Crippen LogP contribution in [0.4, 0.5) is 0 Å². The van der Waals surface area contributed by atoms with E-state index in [1.807, 2.05) is 31.2 Å². The first kappa shape index (κ1) is 10.4. The molecule has 0 aliphatic heterocycles. The van der Waals surface area contributed by atoms with Crippen molar-refractivity contribution in [2.75, 3.05) is 0 Å². The second-order valence-electron chi connectivity index (χ2n) is 3.73. The van der Waals surface area contributed by atoms with Gasteiger partial charge in [0.1, 0.15) is 5.75 Å². The summed E-state index contributed by atoms with van der Waals surface area (Å²) in [6.07, 6.45) is 0.759. The van der Waals surface area contributed by atoms with E-state index in [4.69, 9.17) is 0 Å². The highest BCUT2D eigenvalue weighted by Gasteiger charge is 2.08. The van der Waals surface area contributed by atoms with Crippen LogP contribution in [0.3, 0.4) is 0 Å². The Kier molecular flexibility index (Phi) is 2.73. The fraction of sp³-hybridized carbons (Fsp3) is 0.0714. The molecule has 2 aromatic rings. The molecule has 0 heterocycles. The predicted octanol–water partition coefficient (Wildman–Crippen LogP) is 3.18. The molecule has 2 heteroatoms. The van der Waals surface area contributed by atoms with Crippen LogP contribution in [-0.4, -0.2) is 11.4 Å². The van der Waals surface area contributed by atoms with E-state index in [9.17, 15) is 9.90 Å². The monoisotopic (exact) mass is 212 g/mol. The zero-order valence-corrected chi connectivity index (χ0v) is 8.97. The predicted molar refractivity (Wildman–Crippen MR) is 63.7 cm³/mol. The van der Waals surface area contributed by atoms with Gasteiger partial charge in [-0.1, -0.05) is 42.0 Å². The molecule has 2 rings (SSSR count). The highest BCUT2D eigenvalue weighted by atomic mass is 16.3. The quantitative estimate of drug-likeness (QED) is 0.776. The van der Waals surface area contributed by atoms with Gasteiger partial charge in [0.2, 0.25) is 0 Å². The molecule has 0 aliphatic rings. The SMILES string of the molecule is Cc1ccc(-c2c(O)cccc2C=O)cc1. The second-order valence-corrected chi connectivity index (χ2v) is 3.73. The highest BCUT2D eigenvalue weighted by Crippen LogP contribution is 2.31. The van der Waals surface area contributed by atoms with Gasteiger partial charge in [0.15, 0.2) is 6.29 Å². The van der Waals surface area contributed by atoms with Crippen LogP contribution in [0.2, 0.25) is 0 Å². The highest BCUT2D eigenvalue weighted by molar-refractivity contribution is 5.90. The number of rotatable bonds is 2. The largest absolute Gasteiger partial charge is 0.507 e. The molecule has 0 atom stereocenters. The summed E-state index contributed by atoms with van der Waals surface area (Å²) in [4.78, 5) is 10.9. The van der Waals surface area contributed by atoms with Crippen LogP contribution in [-0.2, 0) is 0 Å². The van der Waals surface area contributed by atoms with Crippen LogP contribution in [0, 0.1) is 6.92 Å². The van der Waals surface area contributed by atoms with Gasteiger partial charge >= 0.3 is 0 Å². The van der Waals surface area contributed by atoms with Crippen molar-refractivity contribution >= 4 is 6.29 Å². The topological polar surface area (TPSA) is 37.3 Å². The Morgan fingerprint density at radius 1 is 1.06 bits per heavy atom. The Morgan fingerprint density at radius 3 is 2.38 bits per heavy atom. The molecular weight excluding hydrogens is 200 g/mol. The summed E-state index contributed by atoms with van der Waals surface area (Å²) >= 11 is 0. The maximum absolute atomic E-state index is 10.9. The first-order valence-corrected chi connectivity index (χ1v) is 5.06. The first-order valence-electron chi connectivity index (χ1n) is 5.06. The molecule has 0 unspecified atom stereocenters. The first-order chi connectivity index (χ1) is 7.72. The van der Waals surface area contributed by atoms with E-state index in [0.717, 1.165) is 17.4 Å². The molecule has 1 N–H and O–H groups in total. The third kappa shape index (κ3) is 1.82. The van der Waals surface area contributed by atoms with E-state index in [0.29, 0.717) is 11.1 Å². The number of carbonyl (C=O) groups is 1. The Labute approximate surface area is 94.2 Å². The van der Waals surface area contributed by atoms with Crippen molar-refractivity contribution < 1.29 is 9.90 Å². The van der Waals surface area contributed by atoms with Gasteiger partial charge in [0, 0.05) is 11.1 Å². The number of aldehydes is 1. The average molecular weight is 212 g/mol. The van der Waals surface area contributed by atoms with E-state index in [1.54, 1.807) is 18.2 Å². The number of hydrogen-bond donors (Lipinski definition) is 1. The second kappa shape index (κ2) is 4.19. The zero-order valence-electron chi connectivity index (χ0n) is 8.97. The summed E-state index contributed by atoms with van der Waals surface area (Å²) in [5.41, 5.74) is 3.10. The molecule has 0 saturated heterocycles. The van der Waals surface area contributed by atoms with E-state index >= 15 is 0 Å². The van der Waals surface area contributed by atoms with Crippen LogP contribution in [0.25, 0.3) is 11.1 Å². The normalized spacial score (nSPS) is 10.1. The number of phenolic OH excluding ortho intramolecular Hbond substituents is 1. The maximum atomic E-state index is 10.9. The fourth-order valence-corrected chi connectivity index (χ4v) is 1.69. The van der Waals surface area contributed by atoms with Crippen molar-refractivity contribution in [1.82, 2.24) is 0 Å². The van der Waals surface area contributed by atoms with E-state index in [1.165, 1.54) is 0 Å². The molecule has 0 bridgehead atoms. The standard InChI is InChI=1S/C14H12O2/c1-10-5-7-11(8-6-10)14-12(9-15)3-2-4-13(14)16/h2-9,16H,1H3. The van der Waals surface area contributed by atoms with Gasteiger partial charge < -0.3 is 5.11 Å². The lowest BCUT2D eigenvalue weighted by Gasteiger charge is -2.07. The summed E-state index contributed by atoms with van der Waals surface area (Å²) < 4.78 is 0. The molecule has 80 valence electrons. The van der Waals surface area contributed by atoms with Gasteiger partial charge in [-0.15, -0.1) is 0 Å². The number of aromatic hydroxyl groups is 1. The number of aryl methyl sites for hydroxylation is 1. The minimum atomic E-state index is 0.133. The van der Waals surface area contributed by atoms with Crippen LogP contribution >= 0.6 is 0 Å². The summed E-state index contributed by atoms with van der Waals surface area (Å²) in [5, 5.41) is 9.79. The molecule has 0 fully saturated rings. The van der Waals surface area contributed by atoms with Crippen molar-refractivity contribution in [2.24, 2.45) is 0 Å². The van der Waals surface area contributed by atoms with Crippen molar-refractivity contribution in [1.29, 1.82) is 0 Å². The lowest BCUT2D eigenvalue weighted by molar-refractivity contribution is 0.112. The average Bonchev–Trinajstić information content (AvgIpc) is 2.30. The molecule has 0 spiro atoms. The van der Waals surface area contributed by atoms with Crippen LogP contribution < -0.4 is 0 Å². The molecule has 0 amide bonds. The van der Waals surface area contributed by atoms with Crippen LogP contribution in [0.1, 0.15) is 15.9 Å². The van der Waals surface area contributed by atoms with Crippen LogP contribution in [0.15, 0.2) is 42.5 Å². The smallest absolute Gasteiger partial charge is 0.150 e. The van der Waals surface area contributed by atoms with Gasteiger partial charge in [0.05, 0.1) is 0 Å². The third-order valence-electron chi connectivity index (χ3n) is 2.54. The van der Waals surface area contributed by atoms with Crippen LogP contribution in [0.5, 0.6) is 5.75 Å². The van der Waals surface area contributed by atoms with E-state index in [-0.39, 0.29) is 5.75 Å². The molecule has 2 nitrogen and oxygen atoms in total. The minimum absolute atomic E-state index is 0.133. The van der Waals surface area contributed by atoms with Crippen molar-refractivity contribution in [3.05, 3.63) is 53.6 Å². The van der Waals surface area contributed by atoms with Gasteiger partial charge in [-0.25, -0.2) is 0 Å². The molecule has 0 radical (unpaired) electrons. The Hall–Kier alpha value is -2.09. The lowest BCUT2D eigenvalue weighted by atomic mass is 9.98. The van der Waals surface area contributed by atoms with Gasteiger partial charge in [-0.3, -0.25) is 4.79 Å².